The second-order valence-electron chi connectivity index (χ2n) is 6.37. The van der Waals surface area contributed by atoms with E-state index < -0.39 is 30.9 Å². The lowest BCUT2D eigenvalue weighted by molar-refractivity contribution is -0.146. The van der Waals surface area contributed by atoms with Crippen molar-refractivity contribution in [2.24, 2.45) is 0 Å². The van der Waals surface area contributed by atoms with E-state index in [1.807, 2.05) is 0 Å². The van der Waals surface area contributed by atoms with E-state index in [9.17, 15) is 19.2 Å². The average molecular weight is 413 g/mol. The van der Waals surface area contributed by atoms with Gasteiger partial charge in [0.05, 0.1) is 12.7 Å². The summed E-state index contributed by atoms with van der Waals surface area (Å²) in [4.78, 5) is 49.1. The van der Waals surface area contributed by atoms with Crippen LogP contribution in [-0.4, -0.2) is 62.9 Å². The molecule has 2 N–H and O–H groups in total. The minimum absolute atomic E-state index is 0.156. The third-order valence-electron chi connectivity index (χ3n) is 3.93. The van der Waals surface area contributed by atoms with Crippen molar-refractivity contribution in [3.05, 3.63) is 59.7 Å². The summed E-state index contributed by atoms with van der Waals surface area (Å²) in [5, 5.41) is 4.97. The SMILES string of the molecule is COc1ccccc1C(=O)NCC(=O)OCC(=O)Nc1ccc(C(=O)N(C)C)cc1. The zero-order valence-electron chi connectivity index (χ0n) is 16.9. The second kappa shape index (κ2) is 10.6. The molecular weight excluding hydrogens is 390 g/mol. The number of para-hydroxylation sites is 1. The number of nitrogens with zero attached hydrogens (tertiary/aromatic N) is 1. The van der Waals surface area contributed by atoms with Crippen LogP contribution in [-0.2, 0) is 14.3 Å². The predicted octanol–water partition coefficient (Wildman–Crippen LogP) is 1.31. The number of methoxy groups -OCH3 is 1. The van der Waals surface area contributed by atoms with Crippen LogP contribution in [0.5, 0.6) is 5.75 Å². The number of hydrogen-bond acceptors (Lipinski definition) is 6. The van der Waals surface area contributed by atoms with Crippen LogP contribution in [0.1, 0.15) is 20.7 Å². The highest BCUT2D eigenvalue weighted by Crippen LogP contribution is 2.16. The van der Waals surface area contributed by atoms with Gasteiger partial charge in [-0.1, -0.05) is 12.1 Å². The molecule has 0 saturated carbocycles. The van der Waals surface area contributed by atoms with Crippen molar-refractivity contribution in [1.29, 1.82) is 0 Å². The van der Waals surface area contributed by atoms with Gasteiger partial charge in [0.2, 0.25) is 0 Å². The molecule has 3 amide bonds. The zero-order valence-corrected chi connectivity index (χ0v) is 16.9. The van der Waals surface area contributed by atoms with Crippen molar-refractivity contribution in [2.45, 2.75) is 0 Å². The summed E-state index contributed by atoms with van der Waals surface area (Å²) < 4.78 is 9.94. The molecule has 0 fully saturated rings. The van der Waals surface area contributed by atoms with Gasteiger partial charge in [-0.25, -0.2) is 0 Å². The molecule has 0 aliphatic carbocycles. The highest BCUT2D eigenvalue weighted by molar-refractivity contribution is 5.99. The Bertz CT molecular complexity index is 925. The average Bonchev–Trinajstić information content (AvgIpc) is 2.75. The van der Waals surface area contributed by atoms with Crippen molar-refractivity contribution in [1.82, 2.24) is 10.2 Å². The summed E-state index contributed by atoms with van der Waals surface area (Å²) in [6.07, 6.45) is 0. The molecule has 0 atom stereocenters. The van der Waals surface area contributed by atoms with Crippen LogP contribution < -0.4 is 15.4 Å². The normalized spacial score (nSPS) is 9.97. The fourth-order valence-corrected chi connectivity index (χ4v) is 2.43. The molecule has 0 aliphatic rings. The van der Waals surface area contributed by atoms with E-state index in [2.05, 4.69) is 10.6 Å². The first-order valence-electron chi connectivity index (χ1n) is 9.00. The third-order valence-corrected chi connectivity index (χ3v) is 3.93. The number of carbonyl (C=O) groups excluding carboxylic acids is 4. The molecule has 9 heteroatoms. The fraction of sp³-hybridized carbons (Fsp3) is 0.238. The molecule has 0 bridgehead atoms. The summed E-state index contributed by atoms with van der Waals surface area (Å²) >= 11 is 0. The third kappa shape index (κ3) is 6.33. The van der Waals surface area contributed by atoms with E-state index in [-0.39, 0.29) is 11.5 Å². The Balaban J connectivity index is 1.77. The van der Waals surface area contributed by atoms with Gasteiger partial charge in [0, 0.05) is 25.3 Å². The first-order valence-corrected chi connectivity index (χ1v) is 9.00. The highest BCUT2D eigenvalue weighted by Gasteiger charge is 2.14. The van der Waals surface area contributed by atoms with Crippen molar-refractivity contribution < 1.29 is 28.7 Å². The van der Waals surface area contributed by atoms with E-state index in [4.69, 9.17) is 9.47 Å². The minimum atomic E-state index is -0.764. The molecule has 9 nitrogen and oxygen atoms in total. The maximum atomic E-state index is 12.1. The summed E-state index contributed by atoms with van der Waals surface area (Å²) in [5.74, 6) is -1.59. The molecule has 0 saturated heterocycles. The fourth-order valence-electron chi connectivity index (χ4n) is 2.43. The lowest BCUT2D eigenvalue weighted by atomic mass is 10.2. The molecule has 2 aromatic rings. The summed E-state index contributed by atoms with van der Waals surface area (Å²) in [6, 6.07) is 12.9. The van der Waals surface area contributed by atoms with E-state index in [1.165, 1.54) is 12.0 Å². The summed E-state index contributed by atoms with van der Waals surface area (Å²) in [6.45, 7) is -0.909. The van der Waals surface area contributed by atoms with Crippen LogP contribution in [0.15, 0.2) is 48.5 Å². The Hall–Kier alpha value is -3.88. The molecule has 0 radical (unpaired) electrons. The number of hydrogen-bond donors (Lipinski definition) is 2. The molecular formula is C21H23N3O6. The highest BCUT2D eigenvalue weighted by atomic mass is 16.5. The Morgan fingerprint density at radius 3 is 2.27 bits per heavy atom. The van der Waals surface area contributed by atoms with Gasteiger partial charge in [0.1, 0.15) is 12.3 Å². The molecule has 0 heterocycles. The van der Waals surface area contributed by atoms with Crippen LogP contribution in [0.2, 0.25) is 0 Å². The van der Waals surface area contributed by atoms with Crippen molar-refractivity contribution in [3.8, 4) is 5.75 Å². The predicted molar refractivity (Wildman–Crippen MR) is 109 cm³/mol. The molecule has 30 heavy (non-hydrogen) atoms. The number of benzene rings is 2. The Morgan fingerprint density at radius 1 is 0.967 bits per heavy atom. The zero-order chi connectivity index (χ0) is 22.1. The summed E-state index contributed by atoms with van der Waals surface area (Å²) in [7, 11) is 4.73. The molecule has 0 spiro atoms. The van der Waals surface area contributed by atoms with Gasteiger partial charge in [-0.2, -0.15) is 0 Å². The van der Waals surface area contributed by atoms with Gasteiger partial charge in [-0.15, -0.1) is 0 Å². The topological polar surface area (TPSA) is 114 Å². The van der Waals surface area contributed by atoms with E-state index in [0.29, 0.717) is 17.0 Å². The molecule has 2 rings (SSSR count). The van der Waals surface area contributed by atoms with Crippen molar-refractivity contribution >= 4 is 29.4 Å². The van der Waals surface area contributed by atoms with Crippen LogP contribution in [0.4, 0.5) is 5.69 Å². The molecule has 0 aliphatic heterocycles. The second-order valence-corrected chi connectivity index (χ2v) is 6.37. The minimum Gasteiger partial charge on any atom is -0.496 e. The van der Waals surface area contributed by atoms with Gasteiger partial charge in [0.25, 0.3) is 17.7 Å². The van der Waals surface area contributed by atoms with Crippen LogP contribution in [0.3, 0.4) is 0 Å². The van der Waals surface area contributed by atoms with Crippen LogP contribution >= 0.6 is 0 Å². The number of anilines is 1. The van der Waals surface area contributed by atoms with Gasteiger partial charge in [-0.3, -0.25) is 19.2 Å². The maximum Gasteiger partial charge on any atom is 0.325 e. The maximum absolute atomic E-state index is 12.1. The van der Waals surface area contributed by atoms with Gasteiger partial charge < -0.3 is 25.0 Å². The van der Waals surface area contributed by atoms with E-state index in [0.717, 1.165) is 0 Å². The number of rotatable bonds is 8. The largest absolute Gasteiger partial charge is 0.496 e. The van der Waals surface area contributed by atoms with E-state index >= 15 is 0 Å². The van der Waals surface area contributed by atoms with Gasteiger partial charge >= 0.3 is 5.97 Å². The number of nitrogens with one attached hydrogen (secondary N) is 2. The molecule has 2 aromatic carbocycles. The number of esters is 1. The lowest BCUT2D eigenvalue weighted by Crippen LogP contribution is -2.32. The van der Waals surface area contributed by atoms with Crippen molar-refractivity contribution in [2.75, 3.05) is 39.7 Å². The summed E-state index contributed by atoms with van der Waals surface area (Å²) in [5.41, 5.74) is 1.22. The first-order chi connectivity index (χ1) is 14.3. The quantitative estimate of drug-likeness (QED) is 0.631. The molecule has 0 aromatic heterocycles. The first kappa shape index (κ1) is 22.4. The number of amides is 3. The Labute approximate surface area is 174 Å². The lowest BCUT2D eigenvalue weighted by Gasteiger charge is -2.11. The van der Waals surface area contributed by atoms with E-state index in [1.54, 1.807) is 62.6 Å². The van der Waals surface area contributed by atoms with Crippen molar-refractivity contribution in [3.63, 3.8) is 0 Å². The monoisotopic (exact) mass is 413 g/mol. The van der Waals surface area contributed by atoms with Gasteiger partial charge in [-0.05, 0) is 36.4 Å². The smallest absolute Gasteiger partial charge is 0.325 e. The van der Waals surface area contributed by atoms with Crippen LogP contribution in [0.25, 0.3) is 0 Å². The Morgan fingerprint density at radius 2 is 1.63 bits per heavy atom. The number of ether oxygens (including phenoxy) is 2. The van der Waals surface area contributed by atoms with Crippen LogP contribution in [0, 0.1) is 0 Å². The number of carbonyl (C=O) groups is 4. The molecule has 0 unspecified atom stereocenters. The molecule has 158 valence electrons. The van der Waals surface area contributed by atoms with Gasteiger partial charge in [0.15, 0.2) is 6.61 Å². The standard InChI is InChI=1S/C21H23N3O6/c1-24(2)21(28)14-8-10-15(11-9-14)23-18(25)13-30-19(26)12-22-20(27)16-6-4-5-7-17(16)29-3/h4-11H,12-13H2,1-3H3,(H,22,27)(H,23,25). The Kier molecular flexibility index (Phi) is 7.92.